The van der Waals surface area contributed by atoms with Crippen molar-refractivity contribution in [3.8, 4) is 5.75 Å². The number of hydrogen-bond donors (Lipinski definition) is 1. The summed E-state index contributed by atoms with van der Waals surface area (Å²) >= 11 is 12.4. The van der Waals surface area contributed by atoms with Gasteiger partial charge in [-0.1, -0.05) is 53.5 Å². The standard InChI is InChI=1S/C27H25Cl2NO4/c1-27(15-18-5-4-7-22(28)13-18)16-21-14-19(9-10-24(21)34-27)26(33)30(12-11-25(31)32)17-20-6-2-3-8-23(20)29/h2-10,13-14H,11-12,15-17H2,1H3,(H,31,32)/t27-/m1/s1. The molecule has 0 radical (unpaired) electrons. The molecule has 1 atom stereocenters. The van der Waals surface area contributed by atoms with Gasteiger partial charge in [0.15, 0.2) is 0 Å². The fraction of sp³-hybridized carbons (Fsp3) is 0.259. The zero-order chi connectivity index (χ0) is 24.3. The summed E-state index contributed by atoms with van der Waals surface area (Å²) < 4.78 is 6.26. The first kappa shape index (κ1) is 24.1. The summed E-state index contributed by atoms with van der Waals surface area (Å²) in [7, 11) is 0. The molecule has 5 nitrogen and oxygen atoms in total. The van der Waals surface area contributed by atoms with Gasteiger partial charge in [0, 0.05) is 41.5 Å². The van der Waals surface area contributed by atoms with Crippen molar-refractivity contribution < 1.29 is 19.4 Å². The number of hydrogen-bond acceptors (Lipinski definition) is 3. The third-order valence-electron chi connectivity index (χ3n) is 5.90. The van der Waals surface area contributed by atoms with Gasteiger partial charge in [0.25, 0.3) is 5.91 Å². The third kappa shape index (κ3) is 5.72. The minimum atomic E-state index is -0.962. The Kier molecular flexibility index (Phi) is 7.15. The molecule has 0 aliphatic carbocycles. The zero-order valence-electron chi connectivity index (χ0n) is 18.8. The lowest BCUT2D eigenvalue weighted by Gasteiger charge is -2.24. The van der Waals surface area contributed by atoms with Crippen molar-refractivity contribution in [1.82, 2.24) is 4.90 Å². The Morgan fingerprint density at radius 2 is 1.85 bits per heavy atom. The highest BCUT2D eigenvalue weighted by molar-refractivity contribution is 6.31. The van der Waals surface area contributed by atoms with Crippen molar-refractivity contribution in [2.24, 2.45) is 0 Å². The zero-order valence-corrected chi connectivity index (χ0v) is 20.3. The number of halogens is 2. The molecule has 7 heteroatoms. The van der Waals surface area contributed by atoms with Gasteiger partial charge in [0.05, 0.1) is 6.42 Å². The molecule has 0 saturated carbocycles. The van der Waals surface area contributed by atoms with E-state index in [0.717, 1.165) is 22.4 Å². The summed E-state index contributed by atoms with van der Waals surface area (Å²) in [5, 5.41) is 10.4. The highest BCUT2D eigenvalue weighted by Crippen LogP contribution is 2.38. The average Bonchev–Trinajstić information content (AvgIpc) is 3.12. The molecular formula is C27H25Cl2NO4. The minimum Gasteiger partial charge on any atom is -0.487 e. The van der Waals surface area contributed by atoms with Gasteiger partial charge in [-0.25, -0.2) is 0 Å². The third-order valence-corrected chi connectivity index (χ3v) is 6.50. The molecule has 0 unspecified atom stereocenters. The van der Waals surface area contributed by atoms with Crippen LogP contribution in [0.1, 0.15) is 40.4 Å². The average molecular weight is 498 g/mol. The van der Waals surface area contributed by atoms with Gasteiger partial charge < -0.3 is 14.7 Å². The van der Waals surface area contributed by atoms with Gasteiger partial charge in [-0.2, -0.15) is 0 Å². The lowest BCUT2D eigenvalue weighted by molar-refractivity contribution is -0.137. The number of benzene rings is 3. The topological polar surface area (TPSA) is 66.8 Å². The van der Waals surface area contributed by atoms with Gasteiger partial charge in [0.2, 0.25) is 0 Å². The molecule has 3 aromatic rings. The second kappa shape index (κ2) is 10.1. The van der Waals surface area contributed by atoms with Crippen molar-refractivity contribution in [2.45, 2.75) is 38.3 Å². The van der Waals surface area contributed by atoms with Crippen LogP contribution < -0.4 is 4.74 Å². The van der Waals surface area contributed by atoms with Gasteiger partial charge in [-0.05, 0) is 60.0 Å². The van der Waals surface area contributed by atoms with E-state index >= 15 is 0 Å². The van der Waals surface area contributed by atoms with E-state index in [1.54, 1.807) is 12.1 Å². The number of ether oxygens (including phenoxy) is 1. The van der Waals surface area contributed by atoms with E-state index in [-0.39, 0.29) is 25.4 Å². The normalized spacial score (nSPS) is 16.6. The molecule has 0 saturated heterocycles. The van der Waals surface area contributed by atoms with Crippen LogP contribution in [0.15, 0.2) is 66.7 Å². The van der Waals surface area contributed by atoms with Gasteiger partial charge in [-0.15, -0.1) is 0 Å². The summed E-state index contributed by atoms with van der Waals surface area (Å²) in [4.78, 5) is 26.1. The first-order valence-corrected chi connectivity index (χ1v) is 11.8. The summed E-state index contributed by atoms with van der Waals surface area (Å²) in [5.74, 6) is -0.451. The molecule has 176 valence electrons. The summed E-state index contributed by atoms with van der Waals surface area (Å²) in [5.41, 5.74) is 2.84. The minimum absolute atomic E-state index is 0.0828. The number of fused-ring (bicyclic) bond motifs is 1. The van der Waals surface area contributed by atoms with Crippen LogP contribution in [-0.2, 0) is 24.2 Å². The molecule has 1 heterocycles. The SMILES string of the molecule is C[C@@]1(Cc2cccc(Cl)c2)Cc2cc(C(=O)N(CCC(=O)O)Cc3ccccc3Cl)ccc2O1. The van der Waals surface area contributed by atoms with E-state index in [1.165, 1.54) is 4.90 Å². The highest BCUT2D eigenvalue weighted by atomic mass is 35.5. The molecule has 0 bridgehead atoms. The molecule has 0 spiro atoms. The van der Waals surface area contributed by atoms with Crippen LogP contribution in [-0.4, -0.2) is 34.0 Å². The Morgan fingerprint density at radius 1 is 1.06 bits per heavy atom. The van der Waals surface area contributed by atoms with E-state index in [1.807, 2.05) is 61.5 Å². The fourth-order valence-corrected chi connectivity index (χ4v) is 4.74. The molecule has 1 aliphatic rings. The monoisotopic (exact) mass is 497 g/mol. The van der Waals surface area contributed by atoms with Gasteiger partial charge in [0.1, 0.15) is 11.4 Å². The summed E-state index contributed by atoms with van der Waals surface area (Å²) in [6.45, 7) is 2.36. The molecule has 1 amide bonds. The maximum absolute atomic E-state index is 13.4. The molecule has 34 heavy (non-hydrogen) atoms. The summed E-state index contributed by atoms with van der Waals surface area (Å²) in [6.07, 6.45) is 1.18. The first-order valence-electron chi connectivity index (χ1n) is 11.0. The van der Waals surface area contributed by atoms with Crippen LogP contribution in [0, 0.1) is 0 Å². The van der Waals surface area contributed by atoms with Crippen molar-refractivity contribution >= 4 is 35.1 Å². The first-order chi connectivity index (χ1) is 16.2. The number of amides is 1. The molecule has 0 fully saturated rings. The Balaban J connectivity index is 1.54. The number of aliphatic carboxylic acids is 1. The second-order valence-corrected chi connectivity index (χ2v) is 9.66. The smallest absolute Gasteiger partial charge is 0.305 e. The van der Waals surface area contributed by atoms with Crippen molar-refractivity contribution in [2.75, 3.05) is 6.54 Å². The molecule has 0 aromatic heterocycles. The number of nitrogens with zero attached hydrogens (tertiary/aromatic N) is 1. The van der Waals surface area contributed by atoms with E-state index in [4.69, 9.17) is 33.0 Å². The predicted molar refractivity (Wildman–Crippen MR) is 133 cm³/mol. The number of rotatable bonds is 8. The van der Waals surface area contributed by atoms with E-state index in [9.17, 15) is 9.59 Å². The lowest BCUT2D eigenvalue weighted by atomic mass is 9.91. The van der Waals surface area contributed by atoms with Gasteiger partial charge >= 0.3 is 5.97 Å². The molecule has 1 N–H and O–H groups in total. The number of carbonyl (C=O) groups excluding carboxylic acids is 1. The Labute approximate surface area is 208 Å². The highest BCUT2D eigenvalue weighted by Gasteiger charge is 2.35. The summed E-state index contributed by atoms with van der Waals surface area (Å²) in [6, 6.07) is 20.4. The van der Waals surface area contributed by atoms with Crippen LogP contribution in [0.25, 0.3) is 0 Å². The van der Waals surface area contributed by atoms with Crippen LogP contribution in [0.3, 0.4) is 0 Å². The maximum Gasteiger partial charge on any atom is 0.305 e. The van der Waals surface area contributed by atoms with Crippen LogP contribution in [0.2, 0.25) is 10.0 Å². The number of carboxylic acids is 1. The predicted octanol–water partition coefficient (Wildman–Crippen LogP) is 6.05. The van der Waals surface area contributed by atoms with E-state index < -0.39 is 11.6 Å². The second-order valence-electron chi connectivity index (χ2n) is 8.82. The Hall–Kier alpha value is -3.02. The number of carboxylic acid groups (broad SMARTS) is 1. The van der Waals surface area contributed by atoms with E-state index in [0.29, 0.717) is 28.5 Å². The van der Waals surface area contributed by atoms with Crippen molar-refractivity contribution in [1.29, 1.82) is 0 Å². The molecule has 3 aromatic carbocycles. The Bertz CT molecular complexity index is 1230. The van der Waals surface area contributed by atoms with Crippen LogP contribution in [0.5, 0.6) is 5.75 Å². The maximum atomic E-state index is 13.4. The molecular weight excluding hydrogens is 473 g/mol. The Morgan fingerprint density at radius 3 is 2.59 bits per heavy atom. The van der Waals surface area contributed by atoms with Crippen LogP contribution >= 0.6 is 23.2 Å². The fourth-order valence-electron chi connectivity index (χ4n) is 4.33. The quantitative estimate of drug-likeness (QED) is 0.411. The number of carbonyl (C=O) groups is 2. The largest absolute Gasteiger partial charge is 0.487 e. The van der Waals surface area contributed by atoms with E-state index in [2.05, 4.69) is 0 Å². The van der Waals surface area contributed by atoms with Crippen molar-refractivity contribution in [3.05, 3.63) is 99.0 Å². The van der Waals surface area contributed by atoms with Crippen molar-refractivity contribution in [3.63, 3.8) is 0 Å². The molecule has 4 rings (SSSR count). The lowest BCUT2D eigenvalue weighted by Crippen LogP contribution is -2.33. The van der Waals surface area contributed by atoms with Crippen LogP contribution in [0.4, 0.5) is 0 Å². The molecule has 1 aliphatic heterocycles. The van der Waals surface area contributed by atoms with Gasteiger partial charge in [-0.3, -0.25) is 9.59 Å².